The fourth-order valence-electron chi connectivity index (χ4n) is 1.63. The lowest BCUT2D eigenvalue weighted by atomic mass is 10.2. The zero-order valence-electron chi connectivity index (χ0n) is 12.2. The quantitative estimate of drug-likeness (QED) is 0.875. The van der Waals surface area contributed by atoms with Gasteiger partial charge in [0.25, 0.3) is 5.91 Å². The van der Waals surface area contributed by atoms with E-state index in [1.807, 2.05) is 13.8 Å². The fourth-order valence-corrected chi connectivity index (χ4v) is 2.67. The molecule has 0 fully saturated rings. The van der Waals surface area contributed by atoms with Crippen molar-refractivity contribution >= 4 is 39.8 Å². The molecule has 0 saturated carbocycles. The van der Waals surface area contributed by atoms with Crippen LogP contribution in [0.4, 0.5) is 10.9 Å². The monoisotopic (exact) mass is 324 g/mol. The molecule has 0 bridgehead atoms. The molecule has 2 rings (SSSR count). The van der Waals surface area contributed by atoms with Gasteiger partial charge in [0.05, 0.1) is 16.3 Å². The van der Waals surface area contributed by atoms with Crippen LogP contribution in [-0.4, -0.2) is 22.4 Å². The van der Waals surface area contributed by atoms with Crippen LogP contribution in [0.5, 0.6) is 0 Å². The van der Waals surface area contributed by atoms with Crippen LogP contribution in [0.3, 0.4) is 0 Å². The zero-order chi connectivity index (χ0) is 15.4. The Morgan fingerprint density at radius 3 is 2.76 bits per heavy atom. The second-order valence-electron chi connectivity index (χ2n) is 4.60. The number of nitrogens with zero attached hydrogens (tertiary/aromatic N) is 2. The molecule has 0 aromatic carbocycles. The van der Waals surface area contributed by atoms with Crippen molar-refractivity contribution in [2.75, 3.05) is 17.2 Å². The maximum Gasteiger partial charge on any atom is 0.259 e. The predicted molar refractivity (Wildman–Crippen MR) is 87.6 cm³/mol. The first-order chi connectivity index (χ1) is 10.0. The number of aryl methyl sites for hydroxylation is 2. The molecule has 0 aliphatic carbocycles. The Kier molecular flexibility index (Phi) is 5.14. The SMILES string of the molecule is CCCNc1ncc(C(=O)Nc2nc(C)c(C)s2)cc1Cl. The second kappa shape index (κ2) is 6.87. The number of halogens is 1. The number of carbonyl (C=O) groups is 1. The van der Waals surface area contributed by atoms with Crippen LogP contribution in [0, 0.1) is 13.8 Å². The normalized spacial score (nSPS) is 10.5. The third-order valence-corrected chi connectivity index (χ3v) is 4.17. The minimum absolute atomic E-state index is 0.264. The maximum atomic E-state index is 12.1. The summed E-state index contributed by atoms with van der Waals surface area (Å²) >= 11 is 7.57. The van der Waals surface area contributed by atoms with Crippen molar-refractivity contribution < 1.29 is 4.79 Å². The average molecular weight is 325 g/mol. The van der Waals surface area contributed by atoms with Crippen LogP contribution in [0.25, 0.3) is 0 Å². The first-order valence-electron chi connectivity index (χ1n) is 6.66. The summed E-state index contributed by atoms with van der Waals surface area (Å²) in [6.45, 7) is 6.72. The van der Waals surface area contributed by atoms with Crippen molar-refractivity contribution in [1.82, 2.24) is 9.97 Å². The topological polar surface area (TPSA) is 66.9 Å². The maximum absolute atomic E-state index is 12.1. The Hall–Kier alpha value is -1.66. The molecule has 2 heterocycles. The molecule has 5 nitrogen and oxygen atoms in total. The summed E-state index contributed by atoms with van der Waals surface area (Å²) < 4.78 is 0. The number of aromatic nitrogens is 2. The van der Waals surface area contributed by atoms with Crippen molar-refractivity contribution in [3.8, 4) is 0 Å². The highest BCUT2D eigenvalue weighted by molar-refractivity contribution is 7.15. The molecule has 2 aromatic heterocycles. The summed E-state index contributed by atoms with van der Waals surface area (Å²) in [5.74, 6) is 0.330. The third kappa shape index (κ3) is 3.92. The summed E-state index contributed by atoms with van der Waals surface area (Å²) in [5, 5.41) is 6.88. The molecule has 0 spiro atoms. The predicted octanol–water partition coefficient (Wildman–Crippen LogP) is 3.88. The van der Waals surface area contributed by atoms with Gasteiger partial charge in [0.15, 0.2) is 5.13 Å². The summed E-state index contributed by atoms with van der Waals surface area (Å²) in [5.41, 5.74) is 1.33. The highest BCUT2D eigenvalue weighted by Crippen LogP contribution is 2.23. The molecule has 0 atom stereocenters. The average Bonchev–Trinajstić information content (AvgIpc) is 2.75. The standard InChI is InChI=1S/C14H17ClN4OS/c1-4-5-16-12-11(15)6-10(7-17-12)13(20)19-14-18-8(2)9(3)21-14/h6-7H,4-5H2,1-3H3,(H,16,17)(H,18,19,20). The van der Waals surface area contributed by atoms with Crippen LogP contribution in [-0.2, 0) is 0 Å². The van der Waals surface area contributed by atoms with Gasteiger partial charge >= 0.3 is 0 Å². The van der Waals surface area contributed by atoms with Crippen LogP contribution in [0.15, 0.2) is 12.3 Å². The summed E-state index contributed by atoms with van der Waals surface area (Å²) in [7, 11) is 0. The van der Waals surface area contributed by atoms with Crippen LogP contribution in [0.2, 0.25) is 5.02 Å². The lowest BCUT2D eigenvalue weighted by molar-refractivity contribution is 0.102. The third-order valence-electron chi connectivity index (χ3n) is 2.89. The van der Waals surface area contributed by atoms with Gasteiger partial charge in [-0.2, -0.15) is 0 Å². The first kappa shape index (κ1) is 15.7. The molecular formula is C14H17ClN4OS. The Labute approximate surface area is 132 Å². The molecule has 21 heavy (non-hydrogen) atoms. The molecule has 2 aromatic rings. The van der Waals surface area contributed by atoms with Gasteiger partial charge < -0.3 is 5.32 Å². The lowest BCUT2D eigenvalue weighted by Crippen LogP contribution is -2.13. The van der Waals surface area contributed by atoms with E-state index in [2.05, 4.69) is 27.5 Å². The minimum atomic E-state index is -0.264. The highest BCUT2D eigenvalue weighted by Gasteiger charge is 2.12. The zero-order valence-corrected chi connectivity index (χ0v) is 13.7. The Balaban J connectivity index is 2.10. The smallest absolute Gasteiger partial charge is 0.259 e. The summed E-state index contributed by atoms with van der Waals surface area (Å²) in [6, 6.07) is 1.61. The number of carbonyl (C=O) groups excluding carboxylic acids is 1. The van der Waals surface area contributed by atoms with E-state index in [1.165, 1.54) is 17.5 Å². The van der Waals surface area contributed by atoms with E-state index in [9.17, 15) is 4.79 Å². The van der Waals surface area contributed by atoms with E-state index in [0.29, 0.717) is 21.5 Å². The van der Waals surface area contributed by atoms with Gasteiger partial charge in [-0.1, -0.05) is 18.5 Å². The molecule has 1 amide bonds. The van der Waals surface area contributed by atoms with E-state index in [1.54, 1.807) is 6.07 Å². The number of rotatable bonds is 5. The molecule has 0 unspecified atom stereocenters. The molecule has 0 aliphatic rings. The summed E-state index contributed by atoms with van der Waals surface area (Å²) in [4.78, 5) is 21.7. The van der Waals surface area contributed by atoms with Gasteiger partial charge in [-0.25, -0.2) is 9.97 Å². The Morgan fingerprint density at radius 2 is 2.19 bits per heavy atom. The molecule has 0 saturated heterocycles. The van der Waals surface area contributed by atoms with E-state index in [-0.39, 0.29) is 5.91 Å². The molecule has 0 aliphatic heterocycles. The largest absolute Gasteiger partial charge is 0.369 e. The lowest BCUT2D eigenvalue weighted by Gasteiger charge is -2.07. The van der Waals surface area contributed by atoms with Crippen molar-refractivity contribution in [2.45, 2.75) is 27.2 Å². The fraction of sp³-hybridized carbons (Fsp3) is 0.357. The number of amides is 1. The van der Waals surface area contributed by atoms with Crippen LogP contribution < -0.4 is 10.6 Å². The van der Waals surface area contributed by atoms with Crippen molar-refractivity contribution in [2.24, 2.45) is 0 Å². The van der Waals surface area contributed by atoms with E-state index in [0.717, 1.165) is 23.5 Å². The minimum Gasteiger partial charge on any atom is -0.369 e. The van der Waals surface area contributed by atoms with Gasteiger partial charge in [-0.15, -0.1) is 11.3 Å². The molecule has 2 N–H and O–H groups in total. The number of nitrogens with one attached hydrogen (secondary N) is 2. The van der Waals surface area contributed by atoms with Crippen molar-refractivity contribution in [3.63, 3.8) is 0 Å². The Bertz CT molecular complexity index is 637. The Morgan fingerprint density at radius 1 is 1.43 bits per heavy atom. The van der Waals surface area contributed by atoms with E-state index < -0.39 is 0 Å². The number of anilines is 2. The molecule has 112 valence electrons. The number of pyridine rings is 1. The van der Waals surface area contributed by atoms with Gasteiger partial charge in [-0.05, 0) is 26.3 Å². The number of hydrogen-bond donors (Lipinski definition) is 2. The van der Waals surface area contributed by atoms with E-state index >= 15 is 0 Å². The number of thiazole rings is 1. The van der Waals surface area contributed by atoms with Crippen molar-refractivity contribution in [3.05, 3.63) is 33.4 Å². The second-order valence-corrected chi connectivity index (χ2v) is 6.21. The van der Waals surface area contributed by atoms with E-state index in [4.69, 9.17) is 11.6 Å². The molecule has 7 heteroatoms. The summed E-state index contributed by atoms with van der Waals surface area (Å²) in [6.07, 6.45) is 2.48. The van der Waals surface area contributed by atoms with Crippen LogP contribution >= 0.6 is 22.9 Å². The van der Waals surface area contributed by atoms with Gasteiger partial charge in [0.2, 0.25) is 0 Å². The highest BCUT2D eigenvalue weighted by atomic mass is 35.5. The van der Waals surface area contributed by atoms with Gasteiger partial charge in [0, 0.05) is 17.6 Å². The molecule has 0 radical (unpaired) electrons. The number of hydrogen-bond acceptors (Lipinski definition) is 5. The van der Waals surface area contributed by atoms with Gasteiger partial charge in [0.1, 0.15) is 5.82 Å². The van der Waals surface area contributed by atoms with Crippen molar-refractivity contribution in [1.29, 1.82) is 0 Å². The first-order valence-corrected chi connectivity index (χ1v) is 7.85. The molecular weight excluding hydrogens is 308 g/mol. The van der Waals surface area contributed by atoms with Gasteiger partial charge in [-0.3, -0.25) is 10.1 Å². The van der Waals surface area contributed by atoms with Crippen LogP contribution in [0.1, 0.15) is 34.3 Å².